The topological polar surface area (TPSA) is 70.2 Å². The van der Waals surface area contributed by atoms with E-state index in [4.69, 9.17) is 0 Å². The van der Waals surface area contributed by atoms with Crippen molar-refractivity contribution in [3.63, 3.8) is 0 Å². The average Bonchev–Trinajstić information content (AvgIpc) is 3.05. The molecular weight excluding hydrogens is 345 g/mol. The number of benzene rings is 1. The van der Waals surface area contributed by atoms with Gasteiger partial charge in [0.05, 0.1) is 5.56 Å². The number of hydrogen-bond donors (Lipinski definition) is 3. The maximum Gasteiger partial charge on any atom is 0.254 e. The average molecular weight is 372 g/mol. The van der Waals surface area contributed by atoms with E-state index in [-0.39, 0.29) is 29.8 Å². The number of rotatable bonds is 7. The molecule has 0 spiro atoms. The molecule has 0 bridgehead atoms. The minimum atomic E-state index is -0.682. The number of carbonyl (C=O) groups excluding carboxylic acids is 2. The lowest BCUT2D eigenvalue weighted by atomic mass is 10.0. The summed E-state index contributed by atoms with van der Waals surface area (Å²) in [6, 6.07) is 5.08. The lowest BCUT2D eigenvalue weighted by Crippen LogP contribution is -2.50. The quantitative estimate of drug-likeness (QED) is 0.687. The van der Waals surface area contributed by atoms with E-state index >= 15 is 0 Å². The predicted octanol–water partition coefficient (Wildman–Crippen LogP) is 2.12. The molecule has 1 aromatic carbocycles. The summed E-state index contributed by atoms with van der Waals surface area (Å²) in [4.78, 5) is 24.6. The molecule has 2 amide bonds. The molecule has 1 saturated heterocycles. The third-order valence-corrected chi connectivity index (χ3v) is 4.37. The Morgan fingerprint density at radius 3 is 2.64 bits per heavy atom. The van der Waals surface area contributed by atoms with Gasteiger partial charge in [-0.15, -0.1) is 12.4 Å². The van der Waals surface area contributed by atoms with Crippen LogP contribution in [-0.2, 0) is 4.79 Å². The van der Waals surface area contributed by atoms with Gasteiger partial charge >= 0.3 is 0 Å². The number of hydrogen-bond acceptors (Lipinski definition) is 3. The van der Waals surface area contributed by atoms with E-state index in [1.165, 1.54) is 18.2 Å². The lowest BCUT2D eigenvalue weighted by molar-refractivity contribution is -0.123. The molecule has 5 nitrogen and oxygen atoms in total. The fourth-order valence-corrected chi connectivity index (χ4v) is 2.87. The molecule has 1 fully saturated rings. The SMILES string of the molecule is CC(C)C(NC(=O)c1ccccc1F)C(=O)NCCC1CCNC1.Cl. The molecule has 1 aliphatic heterocycles. The Morgan fingerprint density at radius 1 is 1.32 bits per heavy atom. The van der Waals surface area contributed by atoms with Gasteiger partial charge < -0.3 is 16.0 Å². The predicted molar refractivity (Wildman–Crippen MR) is 98.3 cm³/mol. The van der Waals surface area contributed by atoms with Crippen LogP contribution in [0.4, 0.5) is 4.39 Å². The largest absolute Gasteiger partial charge is 0.354 e. The van der Waals surface area contributed by atoms with Crippen molar-refractivity contribution < 1.29 is 14.0 Å². The highest BCUT2D eigenvalue weighted by molar-refractivity contribution is 5.97. The molecule has 1 aromatic rings. The summed E-state index contributed by atoms with van der Waals surface area (Å²) < 4.78 is 13.7. The second-order valence-corrected chi connectivity index (χ2v) is 6.61. The molecule has 25 heavy (non-hydrogen) atoms. The molecule has 1 heterocycles. The Balaban J connectivity index is 0.00000312. The first kappa shape index (κ1) is 21.4. The Bertz CT molecular complexity index is 577. The summed E-state index contributed by atoms with van der Waals surface area (Å²) in [7, 11) is 0. The second-order valence-electron chi connectivity index (χ2n) is 6.61. The van der Waals surface area contributed by atoms with Gasteiger partial charge in [0.15, 0.2) is 0 Å². The summed E-state index contributed by atoms with van der Waals surface area (Å²) in [6.07, 6.45) is 2.05. The highest BCUT2D eigenvalue weighted by Gasteiger charge is 2.25. The van der Waals surface area contributed by atoms with Crippen LogP contribution in [0.3, 0.4) is 0 Å². The van der Waals surface area contributed by atoms with Crippen molar-refractivity contribution in [2.75, 3.05) is 19.6 Å². The Hall–Kier alpha value is -1.66. The lowest BCUT2D eigenvalue weighted by Gasteiger charge is -2.22. The van der Waals surface area contributed by atoms with E-state index in [1.807, 2.05) is 13.8 Å². The van der Waals surface area contributed by atoms with Gasteiger partial charge in [0.2, 0.25) is 5.91 Å². The van der Waals surface area contributed by atoms with E-state index in [0.717, 1.165) is 25.9 Å². The standard InChI is InChI=1S/C18H26FN3O2.ClH/c1-12(2)16(18(24)21-10-8-13-7-9-20-11-13)22-17(23)14-5-3-4-6-15(14)19;/h3-6,12-13,16,20H,7-11H2,1-2H3,(H,21,24)(H,22,23);1H. The van der Waals surface area contributed by atoms with Crippen molar-refractivity contribution in [1.82, 2.24) is 16.0 Å². The molecule has 2 atom stereocenters. The molecule has 3 N–H and O–H groups in total. The molecular formula is C18H27ClFN3O2. The van der Waals surface area contributed by atoms with Crippen molar-refractivity contribution in [3.05, 3.63) is 35.6 Å². The molecule has 2 unspecified atom stereocenters. The zero-order chi connectivity index (χ0) is 17.5. The van der Waals surface area contributed by atoms with E-state index in [2.05, 4.69) is 16.0 Å². The van der Waals surface area contributed by atoms with Gasteiger partial charge in [-0.1, -0.05) is 26.0 Å². The maximum atomic E-state index is 13.7. The molecule has 140 valence electrons. The van der Waals surface area contributed by atoms with E-state index < -0.39 is 17.8 Å². The van der Waals surface area contributed by atoms with Crippen LogP contribution in [0.2, 0.25) is 0 Å². The third kappa shape index (κ3) is 6.29. The van der Waals surface area contributed by atoms with Crippen LogP contribution in [0, 0.1) is 17.7 Å². The fourth-order valence-electron chi connectivity index (χ4n) is 2.87. The summed E-state index contributed by atoms with van der Waals surface area (Å²) in [5.41, 5.74) is -0.0482. The number of halogens is 2. The first-order valence-corrected chi connectivity index (χ1v) is 8.53. The van der Waals surface area contributed by atoms with Crippen LogP contribution in [0.15, 0.2) is 24.3 Å². The van der Waals surface area contributed by atoms with Crippen molar-refractivity contribution in [3.8, 4) is 0 Å². The van der Waals surface area contributed by atoms with Crippen molar-refractivity contribution in [2.24, 2.45) is 11.8 Å². The summed E-state index contributed by atoms with van der Waals surface area (Å²) >= 11 is 0. The Kier molecular flexibility index (Phi) is 8.86. The summed E-state index contributed by atoms with van der Waals surface area (Å²) in [5.74, 6) is -0.876. The van der Waals surface area contributed by atoms with Crippen molar-refractivity contribution >= 4 is 24.2 Å². The molecule has 7 heteroatoms. The number of nitrogens with one attached hydrogen (secondary N) is 3. The van der Waals surface area contributed by atoms with Gasteiger partial charge in [0.1, 0.15) is 11.9 Å². The number of amides is 2. The minimum absolute atomic E-state index is 0. The Labute approximate surface area is 154 Å². The van der Waals surface area contributed by atoms with Crippen LogP contribution >= 0.6 is 12.4 Å². The molecule has 0 saturated carbocycles. The van der Waals surface area contributed by atoms with Crippen LogP contribution < -0.4 is 16.0 Å². The molecule has 0 aromatic heterocycles. The monoisotopic (exact) mass is 371 g/mol. The zero-order valence-corrected chi connectivity index (χ0v) is 15.5. The highest BCUT2D eigenvalue weighted by atomic mass is 35.5. The van der Waals surface area contributed by atoms with E-state index in [0.29, 0.717) is 12.5 Å². The third-order valence-electron chi connectivity index (χ3n) is 4.37. The van der Waals surface area contributed by atoms with Crippen LogP contribution in [0.5, 0.6) is 0 Å². The zero-order valence-electron chi connectivity index (χ0n) is 14.7. The Morgan fingerprint density at radius 2 is 2.04 bits per heavy atom. The summed E-state index contributed by atoms with van der Waals surface area (Å²) in [5, 5.41) is 8.83. The highest BCUT2D eigenvalue weighted by Crippen LogP contribution is 2.12. The van der Waals surface area contributed by atoms with Gasteiger partial charge in [-0.3, -0.25) is 9.59 Å². The van der Waals surface area contributed by atoms with Crippen LogP contribution in [0.1, 0.15) is 37.0 Å². The number of carbonyl (C=O) groups is 2. The van der Waals surface area contributed by atoms with Gasteiger partial charge in [0.25, 0.3) is 5.91 Å². The normalized spacial score (nSPS) is 17.7. The van der Waals surface area contributed by atoms with Gasteiger partial charge in [-0.2, -0.15) is 0 Å². The van der Waals surface area contributed by atoms with Gasteiger partial charge in [-0.25, -0.2) is 4.39 Å². The molecule has 2 rings (SSSR count). The fraction of sp³-hybridized carbons (Fsp3) is 0.556. The van der Waals surface area contributed by atoms with Crippen molar-refractivity contribution in [1.29, 1.82) is 0 Å². The first-order valence-electron chi connectivity index (χ1n) is 8.53. The van der Waals surface area contributed by atoms with Crippen LogP contribution in [0.25, 0.3) is 0 Å². The van der Waals surface area contributed by atoms with E-state index in [9.17, 15) is 14.0 Å². The van der Waals surface area contributed by atoms with Gasteiger partial charge in [0, 0.05) is 6.54 Å². The smallest absolute Gasteiger partial charge is 0.254 e. The minimum Gasteiger partial charge on any atom is -0.354 e. The molecule has 0 aliphatic carbocycles. The second kappa shape index (κ2) is 10.4. The van der Waals surface area contributed by atoms with E-state index in [1.54, 1.807) is 6.07 Å². The first-order chi connectivity index (χ1) is 11.5. The molecule has 0 radical (unpaired) electrons. The van der Waals surface area contributed by atoms with Crippen molar-refractivity contribution in [2.45, 2.75) is 32.7 Å². The maximum absolute atomic E-state index is 13.7. The van der Waals surface area contributed by atoms with Crippen LogP contribution in [-0.4, -0.2) is 37.5 Å². The van der Waals surface area contributed by atoms with Gasteiger partial charge in [-0.05, 0) is 49.9 Å². The summed E-state index contributed by atoms with van der Waals surface area (Å²) in [6.45, 7) is 6.32. The molecule has 1 aliphatic rings.